The summed E-state index contributed by atoms with van der Waals surface area (Å²) in [5, 5.41) is 10.5. The standard InChI is InChI=1S/C22H16FNO4/c23-16-10-5-4-9-15(16)19-18(20(25)17-11-6-12-28-17)21(26)22(27)24(19)13-14-7-2-1-3-8-14/h1-12,19,26H,13H2. The SMILES string of the molecule is O=C(C1=C(O)C(=O)N(Cc2ccccc2)C1c1ccccc1F)c1ccco1. The van der Waals surface area contributed by atoms with Crippen LogP contribution in [0.5, 0.6) is 0 Å². The molecule has 5 nitrogen and oxygen atoms in total. The molecular weight excluding hydrogens is 361 g/mol. The van der Waals surface area contributed by atoms with Gasteiger partial charge in [0.25, 0.3) is 5.91 Å². The Balaban J connectivity index is 1.82. The summed E-state index contributed by atoms with van der Waals surface area (Å²) in [7, 11) is 0. The molecule has 2 aromatic carbocycles. The number of carbonyl (C=O) groups is 2. The second-order valence-electron chi connectivity index (χ2n) is 6.41. The van der Waals surface area contributed by atoms with E-state index in [2.05, 4.69) is 0 Å². The predicted molar refractivity (Wildman–Crippen MR) is 98.8 cm³/mol. The zero-order valence-corrected chi connectivity index (χ0v) is 14.7. The molecule has 1 N–H and O–H groups in total. The Morgan fingerprint density at radius 1 is 1.04 bits per heavy atom. The molecule has 0 saturated carbocycles. The molecule has 0 spiro atoms. The van der Waals surface area contributed by atoms with Gasteiger partial charge in [0, 0.05) is 12.1 Å². The predicted octanol–water partition coefficient (Wildman–Crippen LogP) is 4.20. The molecule has 1 aliphatic rings. The van der Waals surface area contributed by atoms with Crippen LogP contribution in [-0.4, -0.2) is 21.7 Å². The molecule has 4 rings (SSSR count). The van der Waals surface area contributed by atoms with Crippen LogP contribution in [0.25, 0.3) is 0 Å². The van der Waals surface area contributed by atoms with Gasteiger partial charge in [0.1, 0.15) is 5.82 Å². The summed E-state index contributed by atoms with van der Waals surface area (Å²) in [6.45, 7) is 0.109. The molecule has 0 aliphatic carbocycles. The Hall–Kier alpha value is -3.67. The van der Waals surface area contributed by atoms with Gasteiger partial charge in [-0.15, -0.1) is 0 Å². The Bertz CT molecular complexity index is 1060. The number of Topliss-reactive ketones (excluding diaryl/α,β-unsaturated/α-hetero) is 1. The highest BCUT2D eigenvalue weighted by Crippen LogP contribution is 2.40. The lowest BCUT2D eigenvalue weighted by Gasteiger charge is -2.27. The maximum Gasteiger partial charge on any atom is 0.290 e. The number of benzene rings is 2. The normalized spacial score (nSPS) is 16.7. The quantitative estimate of drug-likeness (QED) is 0.677. The maximum atomic E-state index is 14.6. The largest absolute Gasteiger partial charge is 0.503 e. The minimum absolute atomic E-state index is 0.0303. The third kappa shape index (κ3) is 2.99. The minimum atomic E-state index is -1.06. The van der Waals surface area contributed by atoms with Crippen molar-refractivity contribution in [1.82, 2.24) is 4.90 Å². The molecule has 0 radical (unpaired) electrons. The van der Waals surface area contributed by atoms with Crippen molar-refractivity contribution in [2.75, 3.05) is 0 Å². The first-order chi connectivity index (χ1) is 13.6. The van der Waals surface area contributed by atoms with E-state index in [1.807, 2.05) is 30.3 Å². The molecule has 6 heteroatoms. The fourth-order valence-electron chi connectivity index (χ4n) is 3.39. The van der Waals surface area contributed by atoms with Gasteiger partial charge in [-0.3, -0.25) is 9.59 Å². The van der Waals surface area contributed by atoms with E-state index in [1.165, 1.54) is 41.5 Å². The molecule has 0 bridgehead atoms. The van der Waals surface area contributed by atoms with Gasteiger partial charge in [-0.05, 0) is 23.8 Å². The molecule has 2 heterocycles. The summed E-state index contributed by atoms with van der Waals surface area (Å²) in [4.78, 5) is 27.0. The highest BCUT2D eigenvalue weighted by Gasteiger charge is 2.45. The van der Waals surface area contributed by atoms with Gasteiger partial charge in [0.05, 0.1) is 17.9 Å². The number of aliphatic hydroxyl groups is 1. The number of ketones is 1. The lowest BCUT2D eigenvalue weighted by molar-refractivity contribution is -0.130. The monoisotopic (exact) mass is 377 g/mol. The molecule has 1 aliphatic heterocycles. The number of carbonyl (C=O) groups excluding carboxylic acids is 2. The smallest absolute Gasteiger partial charge is 0.290 e. The third-order valence-corrected chi connectivity index (χ3v) is 4.69. The Morgan fingerprint density at radius 3 is 2.43 bits per heavy atom. The van der Waals surface area contributed by atoms with Crippen molar-refractivity contribution in [3.8, 4) is 0 Å². The van der Waals surface area contributed by atoms with Crippen LogP contribution in [0.4, 0.5) is 4.39 Å². The van der Waals surface area contributed by atoms with E-state index in [0.717, 1.165) is 5.56 Å². The summed E-state index contributed by atoms with van der Waals surface area (Å²) < 4.78 is 19.8. The fourth-order valence-corrected chi connectivity index (χ4v) is 3.39. The minimum Gasteiger partial charge on any atom is -0.503 e. The van der Waals surface area contributed by atoms with Crippen LogP contribution < -0.4 is 0 Å². The number of halogens is 1. The topological polar surface area (TPSA) is 70.8 Å². The van der Waals surface area contributed by atoms with E-state index in [9.17, 15) is 19.1 Å². The van der Waals surface area contributed by atoms with Crippen LogP contribution in [0.1, 0.15) is 27.7 Å². The maximum absolute atomic E-state index is 14.6. The summed E-state index contributed by atoms with van der Waals surface area (Å²) in [6, 6.07) is 16.9. The van der Waals surface area contributed by atoms with Crippen LogP contribution in [-0.2, 0) is 11.3 Å². The molecular formula is C22H16FNO4. The zero-order valence-electron chi connectivity index (χ0n) is 14.7. The summed E-state index contributed by atoms with van der Waals surface area (Å²) in [6.07, 6.45) is 1.32. The van der Waals surface area contributed by atoms with E-state index in [-0.39, 0.29) is 23.4 Å². The van der Waals surface area contributed by atoms with Gasteiger partial charge < -0.3 is 14.4 Å². The number of aliphatic hydroxyl groups excluding tert-OH is 1. The molecule has 140 valence electrons. The average molecular weight is 377 g/mol. The third-order valence-electron chi connectivity index (χ3n) is 4.69. The van der Waals surface area contributed by atoms with Crippen molar-refractivity contribution in [3.05, 3.63) is 107 Å². The van der Waals surface area contributed by atoms with Crippen LogP contribution in [0.2, 0.25) is 0 Å². The second-order valence-corrected chi connectivity index (χ2v) is 6.41. The van der Waals surface area contributed by atoms with Gasteiger partial charge in [-0.1, -0.05) is 48.5 Å². The van der Waals surface area contributed by atoms with Gasteiger partial charge in [-0.25, -0.2) is 4.39 Å². The van der Waals surface area contributed by atoms with Crippen LogP contribution in [0.15, 0.2) is 88.7 Å². The number of furan rings is 1. The van der Waals surface area contributed by atoms with Gasteiger partial charge in [0.2, 0.25) is 5.78 Å². The average Bonchev–Trinajstić information content (AvgIpc) is 3.32. The van der Waals surface area contributed by atoms with Crippen molar-refractivity contribution in [3.63, 3.8) is 0 Å². The van der Waals surface area contributed by atoms with Crippen LogP contribution >= 0.6 is 0 Å². The molecule has 1 atom stereocenters. The Labute approximate surface area is 160 Å². The van der Waals surface area contributed by atoms with Crippen molar-refractivity contribution >= 4 is 11.7 Å². The first kappa shape index (κ1) is 17.7. The van der Waals surface area contributed by atoms with E-state index in [0.29, 0.717) is 0 Å². The van der Waals surface area contributed by atoms with Crippen LogP contribution in [0.3, 0.4) is 0 Å². The highest BCUT2D eigenvalue weighted by atomic mass is 19.1. The number of amides is 1. The van der Waals surface area contributed by atoms with E-state index >= 15 is 0 Å². The van der Waals surface area contributed by atoms with Gasteiger partial charge in [0.15, 0.2) is 11.5 Å². The molecule has 3 aromatic rings. The molecule has 1 amide bonds. The van der Waals surface area contributed by atoms with E-state index < -0.39 is 29.3 Å². The zero-order chi connectivity index (χ0) is 19.7. The van der Waals surface area contributed by atoms with Crippen molar-refractivity contribution in [2.45, 2.75) is 12.6 Å². The second kappa shape index (κ2) is 7.15. The number of hydrogen-bond acceptors (Lipinski definition) is 4. The van der Waals surface area contributed by atoms with Crippen LogP contribution in [0, 0.1) is 5.82 Å². The van der Waals surface area contributed by atoms with Gasteiger partial charge in [-0.2, -0.15) is 0 Å². The molecule has 1 unspecified atom stereocenters. The summed E-state index contributed by atoms with van der Waals surface area (Å²) in [5.74, 6) is -2.67. The lowest BCUT2D eigenvalue weighted by Crippen LogP contribution is -2.31. The molecule has 1 aromatic heterocycles. The summed E-state index contributed by atoms with van der Waals surface area (Å²) in [5.41, 5.74) is 0.725. The molecule has 0 saturated heterocycles. The lowest BCUT2D eigenvalue weighted by atomic mass is 9.94. The molecule has 0 fully saturated rings. The number of hydrogen-bond donors (Lipinski definition) is 1. The molecule has 28 heavy (non-hydrogen) atoms. The van der Waals surface area contributed by atoms with E-state index in [4.69, 9.17) is 4.42 Å². The van der Waals surface area contributed by atoms with Crippen molar-refractivity contribution in [2.24, 2.45) is 0 Å². The Morgan fingerprint density at radius 2 is 1.75 bits per heavy atom. The van der Waals surface area contributed by atoms with Crippen molar-refractivity contribution in [1.29, 1.82) is 0 Å². The first-order valence-electron chi connectivity index (χ1n) is 8.68. The number of rotatable bonds is 5. The Kier molecular flexibility index (Phi) is 4.53. The summed E-state index contributed by atoms with van der Waals surface area (Å²) >= 11 is 0. The van der Waals surface area contributed by atoms with Gasteiger partial charge >= 0.3 is 0 Å². The van der Waals surface area contributed by atoms with E-state index in [1.54, 1.807) is 6.07 Å². The first-order valence-corrected chi connectivity index (χ1v) is 8.68. The highest BCUT2D eigenvalue weighted by molar-refractivity contribution is 6.15. The number of nitrogens with zero attached hydrogens (tertiary/aromatic N) is 1. The van der Waals surface area contributed by atoms with Crippen molar-refractivity contribution < 1.29 is 23.5 Å². The fraction of sp³-hybridized carbons (Fsp3) is 0.0909.